The third-order valence-electron chi connectivity index (χ3n) is 6.88. The molecule has 3 aliphatic rings. The van der Waals surface area contributed by atoms with Crippen LogP contribution in [-0.4, -0.2) is 52.6 Å². The number of nitrogens with zero attached hydrogens (tertiary/aromatic N) is 2. The summed E-state index contributed by atoms with van der Waals surface area (Å²) in [6.07, 6.45) is 1.72. The molecule has 2 aromatic rings. The molecule has 170 valence electrons. The number of fused-ring (bicyclic) bond motifs is 1. The van der Waals surface area contributed by atoms with Crippen LogP contribution in [-0.2, 0) is 16.1 Å². The van der Waals surface area contributed by atoms with Crippen molar-refractivity contribution in [3.8, 4) is 0 Å². The van der Waals surface area contributed by atoms with Crippen LogP contribution in [0.1, 0.15) is 63.4 Å². The molecular weight excluding hydrogens is 425 g/mol. The highest BCUT2D eigenvalue weighted by atomic mass is 19.1. The Labute approximate surface area is 190 Å². The zero-order chi connectivity index (χ0) is 23.1. The lowest BCUT2D eigenvalue weighted by Crippen LogP contribution is -2.52. The number of halogens is 1. The van der Waals surface area contributed by atoms with E-state index in [2.05, 4.69) is 5.32 Å². The summed E-state index contributed by atoms with van der Waals surface area (Å²) in [5, 5.41) is 2.28. The van der Waals surface area contributed by atoms with Gasteiger partial charge in [0.15, 0.2) is 0 Å². The van der Waals surface area contributed by atoms with E-state index in [-0.39, 0.29) is 48.6 Å². The van der Waals surface area contributed by atoms with E-state index >= 15 is 4.39 Å². The molecule has 33 heavy (non-hydrogen) atoms. The van der Waals surface area contributed by atoms with Crippen LogP contribution in [0.25, 0.3) is 0 Å². The Hall–Kier alpha value is -3.55. The van der Waals surface area contributed by atoms with Crippen LogP contribution in [0.2, 0.25) is 0 Å². The SMILES string of the molecule is O=C1CCC(N2Cc3cc(C4CCN(C(=O)c5ccccc5)CC4)c(F)cc3C2=O)C(=O)N1. The fraction of sp³-hybridized carbons (Fsp3) is 0.360. The maximum atomic E-state index is 15.0. The molecule has 2 saturated heterocycles. The summed E-state index contributed by atoms with van der Waals surface area (Å²) in [6.45, 7) is 1.30. The van der Waals surface area contributed by atoms with E-state index in [1.54, 1.807) is 23.1 Å². The molecule has 0 saturated carbocycles. The quantitative estimate of drug-likeness (QED) is 0.730. The van der Waals surface area contributed by atoms with Crippen LogP contribution in [0.5, 0.6) is 0 Å². The van der Waals surface area contributed by atoms with Crippen LogP contribution < -0.4 is 5.32 Å². The molecule has 0 spiro atoms. The highest BCUT2D eigenvalue weighted by Crippen LogP contribution is 2.35. The fourth-order valence-electron chi connectivity index (χ4n) is 5.08. The van der Waals surface area contributed by atoms with E-state index in [9.17, 15) is 19.2 Å². The average Bonchev–Trinajstić information content (AvgIpc) is 3.14. The number of hydrogen-bond donors (Lipinski definition) is 1. The first kappa shape index (κ1) is 21.3. The van der Waals surface area contributed by atoms with Crippen LogP contribution in [0.3, 0.4) is 0 Å². The summed E-state index contributed by atoms with van der Waals surface area (Å²) in [5.41, 5.74) is 2.17. The van der Waals surface area contributed by atoms with Gasteiger partial charge in [0.25, 0.3) is 11.8 Å². The molecule has 0 bridgehead atoms. The second-order valence-electron chi connectivity index (χ2n) is 8.86. The average molecular weight is 449 g/mol. The highest BCUT2D eigenvalue weighted by Gasteiger charge is 2.40. The lowest BCUT2D eigenvalue weighted by Gasteiger charge is -2.32. The number of imide groups is 1. The van der Waals surface area contributed by atoms with Crippen LogP contribution >= 0.6 is 0 Å². The molecular formula is C25H24FN3O4. The molecule has 3 aliphatic heterocycles. The van der Waals surface area contributed by atoms with Gasteiger partial charge in [-0.15, -0.1) is 0 Å². The Bertz CT molecular complexity index is 1140. The zero-order valence-electron chi connectivity index (χ0n) is 18.1. The number of piperidine rings is 2. The van der Waals surface area contributed by atoms with Crippen molar-refractivity contribution in [2.45, 2.75) is 44.2 Å². The molecule has 5 rings (SSSR count). The van der Waals surface area contributed by atoms with Gasteiger partial charge in [0, 0.05) is 37.2 Å². The predicted molar refractivity (Wildman–Crippen MR) is 117 cm³/mol. The number of nitrogens with one attached hydrogen (secondary N) is 1. The molecule has 4 amide bonds. The standard InChI is InChI=1S/C25H24FN3O4/c26-20-13-19-17(14-29(25(19)33)21-6-7-22(30)27-23(21)31)12-18(20)15-8-10-28(11-9-15)24(32)16-4-2-1-3-5-16/h1-5,12-13,15,21H,6-11,14H2,(H,27,30,31). The highest BCUT2D eigenvalue weighted by molar-refractivity contribution is 6.05. The van der Waals surface area contributed by atoms with E-state index in [1.165, 1.54) is 11.0 Å². The van der Waals surface area contributed by atoms with Gasteiger partial charge in [0.2, 0.25) is 11.8 Å². The van der Waals surface area contributed by atoms with Crippen LogP contribution in [0.4, 0.5) is 4.39 Å². The molecule has 2 fully saturated rings. The van der Waals surface area contributed by atoms with Gasteiger partial charge in [-0.25, -0.2) is 4.39 Å². The van der Waals surface area contributed by atoms with Crippen molar-refractivity contribution < 1.29 is 23.6 Å². The van der Waals surface area contributed by atoms with E-state index in [0.29, 0.717) is 42.6 Å². The summed E-state index contributed by atoms with van der Waals surface area (Å²) in [6, 6.07) is 11.4. The Balaban J connectivity index is 1.29. The second-order valence-corrected chi connectivity index (χ2v) is 8.86. The van der Waals surface area contributed by atoms with Crippen LogP contribution in [0.15, 0.2) is 42.5 Å². The predicted octanol–water partition coefficient (Wildman–Crippen LogP) is 2.61. The number of hydrogen-bond acceptors (Lipinski definition) is 4. The number of likely N-dealkylation sites (tertiary alicyclic amines) is 1. The minimum atomic E-state index is -0.721. The monoisotopic (exact) mass is 449 g/mol. The van der Waals surface area contributed by atoms with Gasteiger partial charge in [-0.1, -0.05) is 24.3 Å². The molecule has 0 radical (unpaired) electrons. The topological polar surface area (TPSA) is 86.8 Å². The summed E-state index contributed by atoms with van der Waals surface area (Å²) >= 11 is 0. The number of rotatable bonds is 3. The fourth-order valence-corrected chi connectivity index (χ4v) is 5.08. The largest absolute Gasteiger partial charge is 0.339 e. The van der Waals surface area contributed by atoms with Crippen molar-refractivity contribution in [1.82, 2.24) is 15.1 Å². The molecule has 0 aliphatic carbocycles. The van der Waals surface area contributed by atoms with Crippen molar-refractivity contribution in [1.29, 1.82) is 0 Å². The summed E-state index contributed by atoms with van der Waals surface area (Å²) in [7, 11) is 0. The molecule has 1 unspecified atom stereocenters. The van der Waals surface area contributed by atoms with E-state index < -0.39 is 17.8 Å². The first-order chi connectivity index (χ1) is 15.9. The zero-order valence-corrected chi connectivity index (χ0v) is 18.1. The maximum absolute atomic E-state index is 15.0. The summed E-state index contributed by atoms with van der Waals surface area (Å²) in [5.74, 6) is -1.70. The Morgan fingerprint density at radius 3 is 2.42 bits per heavy atom. The van der Waals surface area contributed by atoms with Gasteiger partial charge in [0.1, 0.15) is 11.9 Å². The minimum absolute atomic E-state index is 0.0195. The van der Waals surface area contributed by atoms with Crippen molar-refractivity contribution in [3.05, 3.63) is 70.5 Å². The van der Waals surface area contributed by atoms with Gasteiger partial charge in [0.05, 0.1) is 0 Å². The van der Waals surface area contributed by atoms with E-state index in [1.807, 2.05) is 18.2 Å². The number of amides is 4. The molecule has 8 heteroatoms. The van der Waals surface area contributed by atoms with Gasteiger partial charge in [-0.05, 0) is 54.5 Å². The maximum Gasteiger partial charge on any atom is 0.255 e. The number of benzene rings is 2. The summed E-state index contributed by atoms with van der Waals surface area (Å²) in [4.78, 5) is 52.4. The normalized spacial score (nSPS) is 21.2. The molecule has 0 aromatic heterocycles. The molecule has 7 nitrogen and oxygen atoms in total. The third kappa shape index (κ3) is 3.90. The molecule has 3 heterocycles. The lowest BCUT2D eigenvalue weighted by molar-refractivity contribution is -0.136. The smallest absolute Gasteiger partial charge is 0.255 e. The first-order valence-corrected chi connectivity index (χ1v) is 11.2. The number of carbonyl (C=O) groups excluding carboxylic acids is 4. The van der Waals surface area contributed by atoms with Gasteiger partial charge in [-0.3, -0.25) is 24.5 Å². The molecule has 2 aromatic carbocycles. The van der Waals surface area contributed by atoms with Crippen LogP contribution in [0, 0.1) is 5.82 Å². The Morgan fingerprint density at radius 2 is 1.73 bits per heavy atom. The second kappa shape index (κ2) is 8.42. The van der Waals surface area contributed by atoms with Gasteiger partial charge < -0.3 is 9.80 Å². The Morgan fingerprint density at radius 1 is 1.00 bits per heavy atom. The summed E-state index contributed by atoms with van der Waals surface area (Å²) < 4.78 is 15.0. The van der Waals surface area contributed by atoms with E-state index in [4.69, 9.17) is 0 Å². The first-order valence-electron chi connectivity index (χ1n) is 11.2. The molecule has 1 atom stereocenters. The van der Waals surface area contributed by atoms with Crippen molar-refractivity contribution in [3.63, 3.8) is 0 Å². The van der Waals surface area contributed by atoms with Crippen molar-refractivity contribution >= 4 is 23.6 Å². The number of carbonyl (C=O) groups is 4. The lowest BCUT2D eigenvalue weighted by atomic mass is 9.87. The van der Waals surface area contributed by atoms with Crippen molar-refractivity contribution in [2.24, 2.45) is 0 Å². The van der Waals surface area contributed by atoms with Gasteiger partial charge >= 0.3 is 0 Å². The minimum Gasteiger partial charge on any atom is -0.339 e. The van der Waals surface area contributed by atoms with E-state index in [0.717, 1.165) is 0 Å². The third-order valence-corrected chi connectivity index (χ3v) is 6.88. The van der Waals surface area contributed by atoms with Crippen molar-refractivity contribution in [2.75, 3.05) is 13.1 Å². The molecule has 1 N–H and O–H groups in total. The van der Waals surface area contributed by atoms with Gasteiger partial charge in [-0.2, -0.15) is 0 Å². The Kier molecular flexibility index (Phi) is 5.44.